The SMILES string of the molecule is COC[C@@H]1CN(C2CCN(c3ccc(C4CCC(=O)NC4=O)nc3C)CC2)CCN1C1CCC(n2cc3cc(NC(=O)c4ccc5cc(C#N)cnn45)c(C(C)(C)O)cc3n2)CC1. The average molecular weight is 856 g/mol. The smallest absolute Gasteiger partial charge is 0.274 e. The summed E-state index contributed by atoms with van der Waals surface area (Å²) in [4.78, 5) is 50.4. The van der Waals surface area contributed by atoms with Gasteiger partial charge in [-0.05, 0) is 108 Å². The zero-order chi connectivity index (χ0) is 44.0. The first-order valence-corrected chi connectivity index (χ1v) is 22.4. The number of benzene rings is 1. The van der Waals surface area contributed by atoms with Crippen LogP contribution in [0.3, 0.4) is 0 Å². The van der Waals surface area contributed by atoms with E-state index in [1.165, 1.54) is 10.7 Å². The van der Waals surface area contributed by atoms with Gasteiger partial charge >= 0.3 is 0 Å². The zero-order valence-electron chi connectivity index (χ0n) is 36.6. The van der Waals surface area contributed by atoms with Crippen LogP contribution in [0.25, 0.3) is 16.4 Å². The van der Waals surface area contributed by atoms with Crippen LogP contribution in [0.4, 0.5) is 11.4 Å². The molecule has 1 aliphatic carbocycles. The molecule has 330 valence electrons. The van der Waals surface area contributed by atoms with Crippen LogP contribution in [0.2, 0.25) is 0 Å². The minimum absolute atomic E-state index is 0.211. The minimum atomic E-state index is -1.24. The van der Waals surface area contributed by atoms with Gasteiger partial charge in [-0.15, -0.1) is 0 Å². The molecule has 0 radical (unpaired) electrons. The summed E-state index contributed by atoms with van der Waals surface area (Å²) < 4.78 is 9.42. The van der Waals surface area contributed by atoms with Crippen molar-refractivity contribution in [2.75, 3.05) is 56.7 Å². The summed E-state index contributed by atoms with van der Waals surface area (Å²) in [5.41, 5.74) is 4.75. The van der Waals surface area contributed by atoms with E-state index in [2.05, 4.69) is 53.4 Å². The van der Waals surface area contributed by atoms with Crippen molar-refractivity contribution in [2.24, 2.45) is 0 Å². The van der Waals surface area contributed by atoms with Gasteiger partial charge in [-0.2, -0.15) is 15.5 Å². The van der Waals surface area contributed by atoms with Crippen molar-refractivity contribution in [1.29, 1.82) is 5.26 Å². The fraction of sp³-hybridized carbons (Fsp3) is 0.511. The van der Waals surface area contributed by atoms with Crippen molar-refractivity contribution in [1.82, 2.24) is 39.5 Å². The number of methoxy groups -OCH3 is 1. The summed E-state index contributed by atoms with van der Waals surface area (Å²) in [6.07, 6.45) is 10.6. The molecule has 3 aliphatic heterocycles. The maximum absolute atomic E-state index is 13.6. The molecular weight excluding hydrogens is 799 g/mol. The van der Waals surface area contributed by atoms with Crippen molar-refractivity contribution in [3.8, 4) is 6.07 Å². The molecule has 4 aromatic heterocycles. The molecule has 5 aromatic rings. The molecular formula is C47H57N11O5. The summed E-state index contributed by atoms with van der Waals surface area (Å²) >= 11 is 0. The lowest BCUT2D eigenvalue weighted by Gasteiger charge is -2.50. The van der Waals surface area contributed by atoms with Crippen LogP contribution in [-0.2, 0) is 19.9 Å². The lowest BCUT2D eigenvalue weighted by atomic mass is 9.88. The molecule has 16 nitrogen and oxygen atoms in total. The molecule has 16 heteroatoms. The van der Waals surface area contributed by atoms with E-state index in [-0.39, 0.29) is 29.7 Å². The monoisotopic (exact) mass is 855 g/mol. The fourth-order valence-electron chi connectivity index (χ4n) is 10.6. The first-order valence-electron chi connectivity index (χ1n) is 22.4. The van der Waals surface area contributed by atoms with Gasteiger partial charge in [-0.1, -0.05) is 0 Å². The number of hydrogen-bond acceptors (Lipinski definition) is 12. The number of nitrogens with zero attached hydrogens (tertiary/aromatic N) is 9. The van der Waals surface area contributed by atoms with Crippen molar-refractivity contribution in [3.05, 3.63) is 83.1 Å². The third kappa shape index (κ3) is 8.67. The molecule has 7 heterocycles. The predicted molar refractivity (Wildman–Crippen MR) is 237 cm³/mol. The largest absolute Gasteiger partial charge is 0.386 e. The molecule has 3 saturated heterocycles. The highest BCUT2D eigenvalue weighted by Crippen LogP contribution is 2.37. The van der Waals surface area contributed by atoms with Gasteiger partial charge in [0.2, 0.25) is 11.8 Å². The molecule has 0 spiro atoms. The lowest BCUT2D eigenvalue weighted by Crippen LogP contribution is -2.61. The average Bonchev–Trinajstić information content (AvgIpc) is 3.90. The summed E-state index contributed by atoms with van der Waals surface area (Å²) in [7, 11) is 1.81. The van der Waals surface area contributed by atoms with E-state index in [0.29, 0.717) is 65.6 Å². The van der Waals surface area contributed by atoms with Crippen LogP contribution in [0.5, 0.6) is 0 Å². The van der Waals surface area contributed by atoms with E-state index < -0.39 is 5.60 Å². The van der Waals surface area contributed by atoms with E-state index in [1.54, 1.807) is 32.0 Å². The number of nitrogens with one attached hydrogen (secondary N) is 2. The highest BCUT2D eigenvalue weighted by Gasteiger charge is 2.38. The number of aromatic nitrogens is 5. The number of fused-ring (bicyclic) bond motifs is 2. The molecule has 3 amide bonds. The molecule has 4 aliphatic rings. The van der Waals surface area contributed by atoms with Crippen LogP contribution < -0.4 is 15.5 Å². The van der Waals surface area contributed by atoms with E-state index in [4.69, 9.17) is 14.8 Å². The molecule has 0 bridgehead atoms. The third-order valence-corrected chi connectivity index (χ3v) is 13.9. The standard InChI is InChI=1S/C47H57N11O5/c1-29-42(13-11-39(50-29)37-10-14-44(59)52-45(37)60)54-17-15-32(16-18-54)55-19-20-56(36(27-55)28-63-4)33-5-7-34(8-6-33)57-26-31-22-41(38(47(2,3)62)23-40(31)53-57)51-46(61)43-12-9-35-21-30(24-48)25-49-58(35)43/h9,11-13,21-23,25-26,32-34,36-37,62H,5-8,10,14-20,27-28H2,1-4H3,(H,51,61)(H,52,59,60)/t33?,34?,36-,37?/m0/s1. The summed E-state index contributed by atoms with van der Waals surface area (Å²) in [6.45, 7) is 11.1. The van der Waals surface area contributed by atoms with E-state index in [0.717, 1.165) is 99.2 Å². The Balaban J connectivity index is 0.810. The number of carbonyl (C=O) groups excluding carboxylic acids is 3. The number of pyridine rings is 1. The second-order valence-corrected chi connectivity index (χ2v) is 18.4. The summed E-state index contributed by atoms with van der Waals surface area (Å²) in [6, 6.07) is 16.6. The Morgan fingerprint density at radius 3 is 2.48 bits per heavy atom. The van der Waals surface area contributed by atoms with Crippen LogP contribution in [-0.4, -0.2) is 122 Å². The van der Waals surface area contributed by atoms with Gasteiger partial charge in [-0.25, -0.2) is 4.52 Å². The topological polar surface area (TPSA) is 186 Å². The number of rotatable bonds is 10. The predicted octanol–water partition coefficient (Wildman–Crippen LogP) is 5.04. The summed E-state index contributed by atoms with van der Waals surface area (Å²) in [5, 5.41) is 36.1. The second kappa shape index (κ2) is 17.4. The molecule has 1 unspecified atom stereocenters. The minimum Gasteiger partial charge on any atom is -0.386 e. The maximum Gasteiger partial charge on any atom is 0.274 e. The third-order valence-electron chi connectivity index (χ3n) is 13.9. The van der Waals surface area contributed by atoms with Crippen LogP contribution in [0.1, 0.15) is 110 Å². The Kier molecular flexibility index (Phi) is 11.8. The molecule has 1 saturated carbocycles. The number of imide groups is 1. The molecule has 63 heavy (non-hydrogen) atoms. The Bertz CT molecular complexity index is 2570. The van der Waals surface area contributed by atoms with Crippen molar-refractivity contribution in [3.63, 3.8) is 0 Å². The van der Waals surface area contributed by atoms with Crippen molar-refractivity contribution < 1.29 is 24.2 Å². The van der Waals surface area contributed by atoms with Gasteiger partial charge in [-0.3, -0.25) is 39.2 Å². The highest BCUT2D eigenvalue weighted by molar-refractivity contribution is 6.05. The van der Waals surface area contributed by atoms with Crippen LogP contribution in [0, 0.1) is 18.3 Å². The fourth-order valence-corrected chi connectivity index (χ4v) is 10.6. The number of aliphatic hydroxyl groups is 1. The van der Waals surface area contributed by atoms with Gasteiger partial charge in [0.15, 0.2) is 0 Å². The van der Waals surface area contributed by atoms with E-state index >= 15 is 0 Å². The summed E-state index contributed by atoms with van der Waals surface area (Å²) in [5.74, 6) is -1.21. The van der Waals surface area contributed by atoms with Gasteiger partial charge in [0.1, 0.15) is 11.8 Å². The number of piperazine rings is 1. The van der Waals surface area contributed by atoms with Gasteiger partial charge < -0.3 is 20.1 Å². The number of ether oxygens (including phenoxy) is 1. The van der Waals surface area contributed by atoms with Crippen LogP contribution >= 0.6 is 0 Å². The Morgan fingerprint density at radius 2 is 1.76 bits per heavy atom. The second-order valence-electron chi connectivity index (χ2n) is 18.4. The number of aryl methyl sites for hydroxylation is 1. The number of amides is 3. The number of hydrogen-bond donors (Lipinski definition) is 3. The first-order chi connectivity index (χ1) is 30.4. The normalized spacial score (nSPS) is 23.3. The zero-order valence-corrected chi connectivity index (χ0v) is 36.6. The Hall–Kier alpha value is -5.73. The molecule has 9 rings (SSSR count). The Labute approximate surface area is 367 Å². The quantitative estimate of drug-likeness (QED) is 0.159. The lowest BCUT2D eigenvalue weighted by molar-refractivity contribution is -0.134. The molecule has 3 N–H and O–H groups in total. The van der Waals surface area contributed by atoms with Crippen molar-refractivity contribution >= 4 is 45.5 Å². The van der Waals surface area contributed by atoms with Crippen LogP contribution in [0.15, 0.2) is 54.9 Å². The first kappa shape index (κ1) is 42.6. The van der Waals surface area contributed by atoms with Gasteiger partial charge in [0, 0.05) is 87.2 Å². The number of anilines is 2. The van der Waals surface area contributed by atoms with E-state index in [9.17, 15) is 24.8 Å². The van der Waals surface area contributed by atoms with Crippen molar-refractivity contribution in [2.45, 2.75) is 108 Å². The highest BCUT2D eigenvalue weighted by atomic mass is 16.5. The van der Waals surface area contributed by atoms with Gasteiger partial charge in [0.05, 0.1) is 64.0 Å². The number of piperidine rings is 2. The number of nitriles is 1. The molecule has 4 fully saturated rings. The number of carbonyl (C=O) groups is 3. The molecule has 1 aromatic carbocycles. The Morgan fingerprint density at radius 1 is 0.984 bits per heavy atom. The van der Waals surface area contributed by atoms with Gasteiger partial charge in [0.25, 0.3) is 5.91 Å². The molecule has 2 atom stereocenters. The van der Waals surface area contributed by atoms with E-state index in [1.807, 2.05) is 32.2 Å². The maximum atomic E-state index is 13.6.